The molecular weight excluding hydrogens is 378 g/mol. The van der Waals surface area contributed by atoms with Crippen molar-refractivity contribution in [1.29, 1.82) is 0 Å². The summed E-state index contributed by atoms with van der Waals surface area (Å²) in [5, 5.41) is 11.5. The number of aliphatic imine (C=N–C) groups is 1. The van der Waals surface area contributed by atoms with Crippen molar-refractivity contribution in [3.05, 3.63) is 64.6 Å². The summed E-state index contributed by atoms with van der Waals surface area (Å²) in [5.41, 5.74) is 1.01. The van der Waals surface area contributed by atoms with Gasteiger partial charge in [-0.3, -0.25) is 9.88 Å². The summed E-state index contributed by atoms with van der Waals surface area (Å²) >= 11 is 1.84. The Balaban J connectivity index is 1.48. The highest BCUT2D eigenvalue weighted by atomic mass is 32.1. The van der Waals surface area contributed by atoms with Gasteiger partial charge >= 0.3 is 0 Å². The number of nitrogens with one attached hydrogen (secondary N) is 2. The van der Waals surface area contributed by atoms with Gasteiger partial charge in [-0.05, 0) is 55.8 Å². The van der Waals surface area contributed by atoms with Gasteiger partial charge in [0.05, 0.1) is 18.3 Å². The molecule has 152 valence electrons. The van der Waals surface area contributed by atoms with Crippen LogP contribution in [-0.2, 0) is 6.54 Å². The van der Waals surface area contributed by atoms with Gasteiger partial charge in [0.1, 0.15) is 0 Å². The molecule has 1 unspecified atom stereocenters. The molecule has 1 aliphatic heterocycles. The highest BCUT2D eigenvalue weighted by molar-refractivity contribution is 7.10. The van der Waals surface area contributed by atoms with Gasteiger partial charge < -0.3 is 10.6 Å². The first-order chi connectivity index (χ1) is 14.3. The zero-order valence-corrected chi connectivity index (χ0v) is 17.8. The van der Waals surface area contributed by atoms with Crippen molar-refractivity contribution in [2.24, 2.45) is 4.99 Å². The molecule has 3 heterocycles. The molecule has 3 aromatic rings. The lowest BCUT2D eigenvalue weighted by Gasteiger charge is -2.27. The molecule has 0 amide bonds. The summed E-state index contributed by atoms with van der Waals surface area (Å²) in [6.07, 6.45) is 4.46. The van der Waals surface area contributed by atoms with Gasteiger partial charge in [0.25, 0.3) is 0 Å². The standard InChI is InChI=1S/C23H29N5S/c1-2-24-23(26-16-20-19-9-4-3-8-18(19)11-12-25-20)27-17-21(22-10-7-15-29-22)28-13-5-6-14-28/h3-4,7-12,15,21H,2,5-6,13-14,16-17H2,1H3,(H2,24,26,27). The molecule has 0 radical (unpaired) electrons. The fourth-order valence-corrected chi connectivity index (χ4v) is 4.80. The molecular formula is C23H29N5S. The normalized spacial score (nSPS) is 16.2. The van der Waals surface area contributed by atoms with Crippen molar-refractivity contribution in [3.8, 4) is 0 Å². The number of hydrogen-bond donors (Lipinski definition) is 2. The molecule has 1 aliphatic rings. The van der Waals surface area contributed by atoms with Crippen molar-refractivity contribution in [2.45, 2.75) is 32.4 Å². The van der Waals surface area contributed by atoms with E-state index in [9.17, 15) is 0 Å². The van der Waals surface area contributed by atoms with Crippen LogP contribution in [0.25, 0.3) is 10.8 Å². The number of benzene rings is 1. The Bertz CT molecular complexity index is 926. The van der Waals surface area contributed by atoms with E-state index in [1.165, 1.54) is 41.6 Å². The maximum atomic E-state index is 4.83. The molecule has 0 spiro atoms. The average Bonchev–Trinajstić information content (AvgIpc) is 3.47. The summed E-state index contributed by atoms with van der Waals surface area (Å²) in [7, 11) is 0. The Kier molecular flexibility index (Phi) is 6.75. The third-order valence-electron chi connectivity index (χ3n) is 5.40. The molecule has 2 aromatic heterocycles. The van der Waals surface area contributed by atoms with Gasteiger partial charge in [0, 0.05) is 29.5 Å². The number of aromatic nitrogens is 1. The minimum atomic E-state index is 0.400. The maximum absolute atomic E-state index is 4.83. The number of rotatable bonds is 7. The average molecular weight is 408 g/mol. The number of nitrogens with zero attached hydrogens (tertiary/aromatic N) is 3. The molecule has 5 nitrogen and oxygen atoms in total. The van der Waals surface area contributed by atoms with Crippen molar-refractivity contribution in [3.63, 3.8) is 0 Å². The van der Waals surface area contributed by atoms with Crippen LogP contribution in [0.4, 0.5) is 0 Å². The summed E-state index contributed by atoms with van der Waals surface area (Å²) < 4.78 is 0. The van der Waals surface area contributed by atoms with E-state index in [-0.39, 0.29) is 0 Å². The number of fused-ring (bicyclic) bond motifs is 1. The lowest BCUT2D eigenvalue weighted by atomic mass is 10.1. The summed E-state index contributed by atoms with van der Waals surface area (Å²) in [6.45, 7) is 6.71. The topological polar surface area (TPSA) is 52.6 Å². The van der Waals surface area contributed by atoms with Gasteiger partial charge in [-0.25, -0.2) is 4.99 Å². The Morgan fingerprint density at radius 1 is 1.14 bits per heavy atom. The van der Waals surface area contributed by atoms with Crippen LogP contribution in [0.15, 0.2) is 59.0 Å². The van der Waals surface area contributed by atoms with Gasteiger partial charge in [0.2, 0.25) is 0 Å². The Morgan fingerprint density at radius 2 is 2.00 bits per heavy atom. The van der Waals surface area contributed by atoms with E-state index in [1.54, 1.807) is 0 Å². The van der Waals surface area contributed by atoms with E-state index in [0.29, 0.717) is 12.6 Å². The number of hydrogen-bond acceptors (Lipinski definition) is 4. The van der Waals surface area contributed by atoms with E-state index >= 15 is 0 Å². The highest BCUT2D eigenvalue weighted by Gasteiger charge is 2.24. The Hall–Kier alpha value is -2.44. The second-order valence-electron chi connectivity index (χ2n) is 7.33. The van der Waals surface area contributed by atoms with Gasteiger partial charge in [-0.1, -0.05) is 30.3 Å². The number of guanidine groups is 1. The molecule has 1 fully saturated rings. The second kappa shape index (κ2) is 9.85. The Labute approximate surface area is 176 Å². The monoisotopic (exact) mass is 407 g/mol. The maximum Gasteiger partial charge on any atom is 0.191 e. The van der Waals surface area contributed by atoms with Gasteiger partial charge in [-0.15, -0.1) is 11.3 Å². The SMILES string of the molecule is CCNC(=NCc1nccc2ccccc12)NCC(c1cccs1)N1CCCC1. The van der Waals surface area contributed by atoms with Crippen molar-refractivity contribution in [2.75, 3.05) is 26.2 Å². The lowest BCUT2D eigenvalue weighted by molar-refractivity contribution is 0.249. The molecule has 2 N–H and O–H groups in total. The van der Waals surface area contributed by atoms with Crippen LogP contribution < -0.4 is 10.6 Å². The van der Waals surface area contributed by atoms with Crippen molar-refractivity contribution in [1.82, 2.24) is 20.5 Å². The van der Waals surface area contributed by atoms with Crippen LogP contribution in [0, 0.1) is 0 Å². The smallest absolute Gasteiger partial charge is 0.191 e. The first-order valence-electron chi connectivity index (χ1n) is 10.5. The van der Waals surface area contributed by atoms with Crippen LogP contribution >= 0.6 is 11.3 Å². The molecule has 1 saturated heterocycles. The first-order valence-corrected chi connectivity index (χ1v) is 11.4. The molecule has 4 rings (SSSR count). The predicted molar refractivity (Wildman–Crippen MR) is 122 cm³/mol. The number of likely N-dealkylation sites (tertiary alicyclic amines) is 1. The first kappa shape index (κ1) is 19.9. The zero-order valence-electron chi connectivity index (χ0n) is 17.0. The highest BCUT2D eigenvalue weighted by Crippen LogP contribution is 2.27. The van der Waals surface area contributed by atoms with Gasteiger partial charge in [-0.2, -0.15) is 0 Å². The fourth-order valence-electron chi connectivity index (χ4n) is 3.94. The van der Waals surface area contributed by atoms with E-state index in [4.69, 9.17) is 4.99 Å². The second-order valence-corrected chi connectivity index (χ2v) is 8.31. The van der Waals surface area contributed by atoms with E-state index in [2.05, 4.69) is 69.2 Å². The van der Waals surface area contributed by atoms with Crippen LogP contribution in [-0.4, -0.2) is 42.0 Å². The van der Waals surface area contributed by atoms with Crippen LogP contribution in [0.3, 0.4) is 0 Å². The Morgan fingerprint density at radius 3 is 2.79 bits per heavy atom. The number of thiophene rings is 1. The van der Waals surface area contributed by atoms with Crippen molar-refractivity contribution >= 4 is 28.1 Å². The van der Waals surface area contributed by atoms with E-state index in [1.807, 2.05) is 23.6 Å². The van der Waals surface area contributed by atoms with Crippen LogP contribution in [0.2, 0.25) is 0 Å². The van der Waals surface area contributed by atoms with Gasteiger partial charge in [0.15, 0.2) is 5.96 Å². The molecule has 29 heavy (non-hydrogen) atoms. The predicted octanol–water partition coefficient (Wildman–Crippen LogP) is 4.19. The minimum Gasteiger partial charge on any atom is -0.357 e. The van der Waals surface area contributed by atoms with E-state index < -0.39 is 0 Å². The summed E-state index contributed by atoms with van der Waals surface area (Å²) in [4.78, 5) is 13.4. The number of pyridine rings is 1. The van der Waals surface area contributed by atoms with E-state index in [0.717, 1.165) is 24.7 Å². The van der Waals surface area contributed by atoms with Crippen molar-refractivity contribution < 1.29 is 0 Å². The molecule has 1 atom stereocenters. The quantitative estimate of drug-likeness (QED) is 0.456. The molecule has 0 saturated carbocycles. The van der Waals surface area contributed by atoms with Crippen LogP contribution in [0.1, 0.15) is 36.4 Å². The lowest BCUT2D eigenvalue weighted by Crippen LogP contribution is -2.42. The molecule has 0 aliphatic carbocycles. The summed E-state index contributed by atoms with van der Waals surface area (Å²) in [5.74, 6) is 0.850. The largest absolute Gasteiger partial charge is 0.357 e. The molecule has 1 aromatic carbocycles. The molecule has 0 bridgehead atoms. The zero-order chi connectivity index (χ0) is 19.9. The molecule has 6 heteroatoms. The third-order valence-corrected chi connectivity index (χ3v) is 6.38. The van der Waals surface area contributed by atoms with Crippen LogP contribution in [0.5, 0.6) is 0 Å². The minimum absolute atomic E-state index is 0.400. The summed E-state index contributed by atoms with van der Waals surface area (Å²) in [6, 6.07) is 15.2. The fraction of sp³-hybridized carbons (Fsp3) is 0.391. The third kappa shape index (κ3) is 4.95.